The first kappa shape index (κ1) is 61.0. The quantitative estimate of drug-likeness (QED) is 0.0309. The van der Waals surface area contributed by atoms with Crippen LogP contribution in [0.2, 0.25) is 0 Å². The van der Waals surface area contributed by atoms with Crippen molar-refractivity contribution in [3.63, 3.8) is 0 Å². The van der Waals surface area contributed by atoms with E-state index in [9.17, 15) is 25.2 Å². The Balaban J connectivity index is 3.44. The SMILES string of the molecule is CCCCCCCCCCCCCCCCCCCC/C=C\CCCCCCCCCCCCCCCCCCC(O)C(=O)NC(CO)C(O)C(O)CCCCCCCCCC. The third kappa shape index (κ3) is 44.3. The first-order valence-corrected chi connectivity index (χ1v) is 28.1. The summed E-state index contributed by atoms with van der Waals surface area (Å²) in [5.74, 6) is -0.582. The molecule has 0 bridgehead atoms. The molecule has 0 aliphatic heterocycles. The van der Waals surface area contributed by atoms with Crippen molar-refractivity contribution in [1.82, 2.24) is 5.32 Å². The lowest BCUT2D eigenvalue weighted by Gasteiger charge is -2.27. The second kappa shape index (κ2) is 51.0. The molecular formula is C56H111NO5. The minimum absolute atomic E-state index is 0.373. The normalized spacial score (nSPS) is 13.8. The fourth-order valence-corrected chi connectivity index (χ4v) is 9.05. The van der Waals surface area contributed by atoms with Crippen LogP contribution < -0.4 is 5.32 Å². The van der Waals surface area contributed by atoms with Gasteiger partial charge in [-0.05, 0) is 38.5 Å². The van der Waals surface area contributed by atoms with E-state index in [1.165, 1.54) is 244 Å². The third-order valence-electron chi connectivity index (χ3n) is 13.5. The monoisotopic (exact) mass is 878 g/mol. The summed E-state index contributed by atoms with van der Waals surface area (Å²) in [7, 11) is 0. The minimum Gasteiger partial charge on any atom is -0.394 e. The average molecular weight is 879 g/mol. The second-order valence-electron chi connectivity index (χ2n) is 19.6. The zero-order chi connectivity index (χ0) is 45.2. The molecule has 0 heterocycles. The molecule has 62 heavy (non-hydrogen) atoms. The van der Waals surface area contributed by atoms with Crippen molar-refractivity contribution in [2.75, 3.05) is 6.61 Å². The van der Waals surface area contributed by atoms with Crippen molar-refractivity contribution >= 4 is 5.91 Å². The molecule has 370 valence electrons. The zero-order valence-corrected chi connectivity index (χ0v) is 41.9. The molecule has 0 fully saturated rings. The fraction of sp³-hybridized carbons (Fsp3) is 0.946. The number of aliphatic hydroxyl groups excluding tert-OH is 4. The van der Waals surface area contributed by atoms with Crippen molar-refractivity contribution in [1.29, 1.82) is 0 Å². The van der Waals surface area contributed by atoms with Gasteiger partial charge in [-0.3, -0.25) is 4.79 Å². The van der Waals surface area contributed by atoms with Crippen molar-refractivity contribution in [3.8, 4) is 0 Å². The van der Waals surface area contributed by atoms with Crippen LogP contribution in [0, 0.1) is 0 Å². The maximum atomic E-state index is 12.5. The largest absolute Gasteiger partial charge is 0.394 e. The van der Waals surface area contributed by atoms with Crippen LogP contribution in [0.15, 0.2) is 12.2 Å². The van der Waals surface area contributed by atoms with Crippen LogP contribution in [0.1, 0.15) is 309 Å². The summed E-state index contributed by atoms with van der Waals surface area (Å²) in [5.41, 5.74) is 0. The summed E-state index contributed by atoms with van der Waals surface area (Å²) >= 11 is 0. The zero-order valence-electron chi connectivity index (χ0n) is 41.9. The van der Waals surface area contributed by atoms with E-state index in [4.69, 9.17) is 0 Å². The molecule has 6 nitrogen and oxygen atoms in total. The molecule has 0 rings (SSSR count). The van der Waals surface area contributed by atoms with Gasteiger partial charge >= 0.3 is 0 Å². The summed E-state index contributed by atoms with van der Waals surface area (Å²) in [4.78, 5) is 12.5. The molecule has 0 aliphatic rings. The third-order valence-corrected chi connectivity index (χ3v) is 13.5. The summed E-state index contributed by atoms with van der Waals surface area (Å²) in [6, 6.07) is -0.980. The minimum atomic E-state index is -1.25. The van der Waals surface area contributed by atoms with E-state index in [1.807, 2.05) is 0 Å². The van der Waals surface area contributed by atoms with Crippen molar-refractivity contribution in [2.45, 2.75) is 334 Å². The van der Waals surface area contributed by atoms with Crippen LogP contribution in [0.3, 0.4) is 0 Å². The van der Waals surface area contributed by atoms with Gasteiger partial charge in [0.05, 0.1) is 18.8 Å². The van der Waals surface area contributed by atoms with Gasteiger partial charge in [-0.25, -0.2) is 0 Å². The highest BCUT2D eigenvalue weighted by Gasteiger charge is 2.28. The molecule has 0 aromatic rings. The lowest BCUT2D eigenvalue weighted by atomic mass is 9.99. The molecule has 4 atom stereocenters. The Morgan fingerprint density at radius 1 is 0.387 bits per heavy atom. The van der Waals surface area contributed by atoms with Gasteiger partial charge in [0.15, 0.2) is 0 Å². The molecule has 0 radical (unpaired) electrons. The van der Waals surface area contributed by atoms with E-state index < -0.39 is 36.9 Å². The van der Waals surface area contributed by atoms with Crippen LogP contribution in [0.5, 0.6) is 0 Å². The smallest absolute Gasteiger partial charge is 0.249 e. The Bertz CT molecular complexity index is 898. The first-order valence-electron chi connectivity index (χ1n) is 28.1. The Morgan fingerprint density at radius 3 is 0.935 bits per heavy atom. The average Bonchev–Trinajstić information content (AvgIpc) is 3.28. The highest BCUT2D eigenvalue weighted by molar-refractivity contribution is 5.80. The van der Waals surface area contributed by atoms with Crippen LogP contribution in [0.4, 0.5) is 0 Å². The molecule has 0 saturated carbocycles. The number of carbonyl (C=O) groups excluding carboxylic acids is 1. The number of unbranched alkanes of at least 4 members (excludes halogenated alkanes) is 41. The predicted molar refractivity (Wildman–Crippen MR) is 270 cm³/mol. The molecular weight excluding hydrogens is 767 g/mol. The number of hydrogen-bond donors (Lipinski definition) is 5. The van der Waals surface area contributed by atoms with Gasteiger partial charge in [-0.1, -0.05) is 283 Å². The topological polar surface area (TPSA) is 110 Å². The van der Waals surface area contributed by atoms with E-state index in [-0.39, 0.29) is 0 Å². The van der Waals surface area contributed by atoms with Crippen LogP contribution in [-0.2, 0) is 4.79 Å². The number of hydrogen-bond acceptors (Lipinski definition) is 5. The standard InChI is InChI=1S/C56H111NO5/c1-3-5-7-9-11-13-14-15-16-17-18-19-20-21-22-23-24-25-26-27-28-29-30-31-32-33-34-35-36-37-38-39-40-41-42-44-46-48-50-54(60)56(62)57-52(51-58)55(61)53(59)49-47-45-43-12-10-8-6-4-2/h27-28,52-55,58-61H,3-26,29-51H2,1-2H3,(H,57,62)/b28-27-. The number of nitrogens with one attached hydrogen (secondary N) is 1. The van der Waals surface area contributed by atoms with E-state index in [0.29, 0.717) is 12.8 Å². The van der Waals surface area contributed by atoms with Gasteiger partial charge in [0, 0.05) is 0 Å². The van der Waals surface area contributed by atoms with Gasteiger partial charge in [-0.15, -0.1) is 0 Å². The number of rotatable bonds is 52. The molecule has 0 spiro atoms. The molecule has 6 heteroatoms. The fourth-order valence-electron chi connectivity index (χ4n) is 9.05. The Kier molecular flexibility index (Phi) is 50.3. The number of aliphatic hydroxyl groups is 4. The summed E-state index contributed by atoms with van der Waals surface area (Å²) in [5, 5.41) is 43.6. The lowest BCUT2D eigenvalue weighted by Crippen LogP contribution is -2.53. The maximum Gasteiger partial charge on any atom is 0.249 e. The van der Waals surface area contributed by atoms with E-state index >= 15 is 0 Å². The lowest BCUT2D eigenvalue weighted by molar-refractivity contribution is -0.132. The van der Waals surface area contributed by atoms with Crippen molar-refractivity contribution < 1.29 is 25.2 Å². The first-order chi connectivity index (χ1) is 30.5. The van der Waals surface area contributed by atoms with Gasteiger partial charge in [0.1, 0.15) is 12.2 Å². The van der Waals surface area contributed by atoms with E-state index in [0.717, 1.165) is 38.5 Å². The summed E-state index contributed by atoms with van der Waals surface area (Å²) < 4.78 is 0. The van der Waals surface area contributed by atoms with Crippen molar-refractivity contribution in [3.05, 3.63) is 12.2 Å². The van der Waals surface area contributed by atoms with Crippen LogP contribution in [-0.4, -0.2) is 57.3 Å². The molecule has 0 aliphatic carbocycles. The molecule has 5 N–H and O–H groups in total. The highest BCUT2D eigenvalue weighted by Crippen LogP contribution is 2.18. The Hall–Kier alpha value is -0.950. The van der Waals surface area contributed by atoms with Gasteiger partial charge < -0.3 is 25.7 Å². The molecule has 0 aromatic carbocycles. The molecule has 0 saturated heterocycles. The second-order valence-corrected chi connectivity index (χ2v) is 19.6. The molecule has 0 aromatic heterocycles. The van der Waals surface area contributed by atoms with Gasteiger partial charge in [-0.2, -0.15) is 0 Å². The van der Waals surface area contributed by atoms with Gasteiger partial charge in [0.2, 0.25) is 5.91 Å². The summed E-state index contributed by atoms with van der Waals surface area (Å²) in [6.07, 6.45) is 60.5. The van der Waals surface area contributed by atoms with Crippen molar-refractivity contribution in [2.24, 2.45) is 0 Å². The highest BCUT2D eigenvalue weighted by atomic mass is 16.3. The Labute approximate surface area is 387 Å². The number of amides is 1. The number of carbonyl (C=O) groups is 1. The van der Waals surface area contributed by atoms with E-state index in [1.54, 1.807) is 0 Å². The van der Waals surface area contributed by atoms with E-state index in [2.05, 4.69) is 31.3 Å². The molecule has 1 amide bonds. The molecule has 4 unspecified atom stereocenters. The maximum absolute atomic E-state index is 12.5. The van der Waals surface area contributed by atoms with Crippen LogP contribution >= 0.6 is 0 Å². The van der Waals surface area contributed by atoms with Gasteiger partial charge in [0.25, 0.3) is 0 Å². The predicted octanol–water partition coefficient (Wildman–Crippen LogP) is 16.1. The summed E-state index contributed by atoms with van der Waals surface area (Å²) in [6.45, 7) is 4.03. The Morgan fingerprint density at radius 2 is 0.645 bits per heavy atom. The van der Waals surface area contributed by atoms with Crippen LogP contribution in [0.25, 0.3) is 0 Å². The number of allylic oxidation sites excluding steroid dienone is 2.